The van der Waals surface area contributed by atoms with Crippen LogP contribution in [0.15, 0.2) is 30.5 Å². The molecule has 2 heterocycles. The van der Waals surface area contributed by atoms with Crippen molar-refractivity contribution in [3.05, 3.63) is 53.1 Å². The molecule has 2 aliphatic rings. The van der Waals surface area contributed by atoms with E-state index in [-0.39, 0.29) is 23.4 Å². The van der Waals surface area contributed by atoms with Gasteiger partial charge in [0.25, 0.3) is 0 Å². The second-order valence-corrected chi connectivity index (χ2v) is 8.05. The normalized spacial score (nSPS) is 24.4. The third kappa shape index (κ3) is 4.18. The second-order valence-electron chi connectivity index (χ2n) is 8.05. The third-order valence-electron chi connectivity index (χ3n) is 6.17. The van der Waals surface area contributed by atoms with Gasteiger partial charge in [0.2, 0.25) is 5.91 Å². The van der Waals surface area contributed by atoms with Crippen LogP contribution in [-0.2, 0) is 23.1 Å². The van der Waals surface area contributed by atoms with E-state index in [1.54, 1.807) is 6.07 Å². The van der Waals surface area contributed by atoms with E-state index in [0.29, 0.717) is 24.5 Å². The minimum atomic E-state index is -0.464. The Morgan fingerprint density at radius 2 is 2.07 bits per heavy atom. The first-order valence-corrected chi connectivity index (χ1v) is 10.2. The summed E-state index contributed by atoms with van der Waals surface area (Å²) in [6, 6.07) is 7.93. The number of amides is 1. The van der Waals surface area contributed by atoms with Crippen molar-refractivity contribution in [1.82, 2.24) is 14.8 Å². The standard InChI is InChI=1S/C22H25FN4O2/c1-26-20(6-8-25-26)12-15-2-4-17(5-3-15)22(28)27-21(7-9-29-27)18-10-16(14-24)11-19(23)13-18/h6,8,10-11,13,15,17,21H,2-5,7,9,12H2,1H3/t15-,17-,21-/m0/s1. The van der Waals surface area contributed by atoms with Crippen LogP contribution < -0.4 is 0 Å². The zero-order valence-electron chi connectivity index (χ0n) is 16.6. The monoisotopic (exact) mass is 396 g/mol. The number of benzene rings is 1. The number of carbonyl (C=O) groups excluding carboxylic acids is 1. The Morgan fingerprint density at radius 3 is 2.76 bits per heavy atom. The smallest absolute Gasteiger partial charge is 0.249 e. The fourth-order valence-corrected chi connectivity index (χ4v) is 4.55. The predicted octanol–water partition coefficient (Wildman–Crippen LogP) is 3.68. The van der Waals surface area contributed by atoms with E-state index in [2.05, 4.69) is 5.10 Å². The van der Waals surface area contributed by atoms with Crippen molar-refractivity contribution in [1.29, 1.82) is 5.26 Å². The number of hydrogen-bond donors (Lipinski definition) is 0. The van der Waals surface area contributed by atoms with Crippen LogP contribution in [0.2, 0.25) is 0 Å². The fourth-order valence-electron chi connectivity index (χ4n) is 4.55. The van der Waals surface area contributed by atoms with E-state index in [1.165, 1.54) is 22.9 Å². The number of hydrogen-bond acceptors (Lipinski definition) is 4. The number of carbonyl (C=O) groups is 1. The predicted molar refractivity (Wildman–Crippen MR) is 104 cm³/mol. The molecule has 2 fully saturated rings. The van der Waals surface area contributed by atoms with E-state index < -0.39 is 5.82 Å². The van der Waals surface area contributed by atoms with Crippen LogP contribution in [0.4, 0.5) is 4.39 Å². The van der Waals surface area contributed by atoms with Gasteiger partial charge in [-0.3, -0.25) is 14.3 Å². The van der Waals surface area contributed by atoms with Crippen LogP contribution >= 0.6 is 0 Å². The molecule has 1 aliphatic carbocycles. The first kappa shape index (κ1) is 19.6. The summed E-state index contributed by atoms with van der Waals surface area (Å²) in [5.41, 5.74) is 2.11. The van der Waals surface area contributed by atoms with Gasteiger partial charge in [-0.1, -0.05) is 0 Å². The molecule has 2 aromatic rings. The molecule has 1 saturated heterocycles. The lowest BCUT2D eigenvalue weighted by molar-refractivity contribution is -0.183. The zero-order chi connectivity index (χ0) is 20.4. The number of halogens is 1. The van der Waals surface area contributed by atoms with Crippen LogP contribution in [0, 0.1) is 29.0 Å². The molecule has 0 spiro atoms. The topological polar surface area (TPSA) is 71.2 Å². The summed E-state index contributed by atoms with van der Waals surface area (Å²) >= 11 is 0. The van der Waals surface area contributed by atoms with E-state index in [4.69, 9.17) is 10.1 Å². The van der Waals surface area contributed by atoms with Gasteiger partial charge in [0.1, 0.15) is 5.82 Å². The molecule has 0 N–H and O–H groups in total. The lowest BCUT2D eigenvalue weighted by atomic mass is 9.79. The van der Waals surface area contributed by atoms with Gasteiger partial charge in [-0.15, -0.1) is 0 Å². The molecule has 1 atom stereocenters. The quantitative estimate of drug-likeness (QED) is 0.790. The van der Waals surface area contributed by atoms with E-state index in [0.717, 1.165) is 32.1 Å². The summed E-state index contributed by atoms with van der Waals surface area (Å²) in [5, 5.41) is 14.8. The number of aryl methyl sites for hydroxylation is 1. The van der Waals surface area contributed by atoms with Crippen LogP contribution in [0.25, 0.3) is 0 Å². The SMILES string of the molecule is Cn1nccc1C[C@H]1CC[C@H](C(=O)N2OCC[C@H]2c2cc(F)cc(C#N)c2)CC1. The Morgan fingerprint density at radius 1 is 1.28 bits per heavy atom. The highest BCUT2D eigenvalue weighted by atomic mass is 19.1. The van der Waals surface area contributed by atoms with Gasteiger partial charge in [-0.25, -0.2) is 9.45 Å². The molecular weight excluding hydrogens is 371 g/mol. The minimum Gasteiger partial charge on any atom is -0.273 e. The third-order valence-corrected chi connectivity index (χ3v) is 6.17. The Bertz CT molecular complexity index is 927. The maximum absolute atomic E-state index is 13.9. The van der Waals surface area contributed by atoms with Crippen LogP contribution in [-0.4, -0.2) is 27.4 Å². The Hall–Kier alpha value is -2.72. The first-order valence-electron chi connectivity index (χ1n) is 10.2. The summed E-state index contributed by atoms with van der Waals surface area (Å²) in [5.74, 6) is 0.0109. The summed E-state index contributed by atoms with van der Waals surface area (Å²) in [6.07, 6.45) is 7.08. The first-order chi connectivity index (χ1) is 14.0. The van der Waals surface area contributed by atoms with Gasteiger partial charge in [0, 0.05) is 31.3 Å². The highest BCUT2D eigenvalue weighted by Gasteiger charge is 2.37. The zero-order valence-corrected chi connectivity index (χ0v) is 16.6. The number of rotatable bonds is 4. The van der Waals surface area contributed by atoms with Gasteiger partial charge in [0.15, 0.2) is 0 Å². The number of nitriles is 1. The van der Waals surface area contributed by atoms with Crippen molar-refractivity contribution in [3.63, 3.8) is 0 Å². The minimum absolute atomic E-state index is 0.0192. The molecule has 1 saturated carbocycles. The van der Waals surface area contributed by atoms with E-state index in [9.17, 15) is 9.18 Å². The lowest BCUT2D eigenvalue weighted by Gasteiger charge is -2.32. The van der Waals surface area contributed by atoms with Gasteiger partial charge in [-0.05, 0) is 67.9 Å². The van der Waals surface area contributed by atoms with Crippen LogP contribution in [0.3, 0.4) is 0 Å². The van der Waals surface area contributed by atoms with Crippen molar-refractivity contribution in [2.24, 2.45) is 18.9 Å². The Balaban J connectivity index is 1.40. The maximum Gasteiger partial charge on any atom is 0.249 e. The number of hydroxylamine groups is 2. The molecule has 1 amide bonds. The summed E-state index contributed by atoms with van der Waals surface area (Å²) in [6.45, 7) is 0.421. The summed E-state index contributed by atoms with van der Waals surface area (Å²) < 4.78 is 15.8. The molecule has 29 heavy (non-hydrogen) atoms. The molecule has 0 radical (unpaired) electrons. The Kier molecular flexibility index (Phi) is 5.63. The molecule has 6 nitrogen and oxygen atoms in total. The van der Waals surface area contributed by atoms with E-state index in [1.807, 2.05) is 30.1 Å². The van der Waals surface area contributed by atoms with Crippen LogP contribution in [0.5, 0.6) is 0 Å². The molecule has 1 aliphatic heterocycles. The summed E-state index contributed by atoms with van der Waals surface area (Å²) in [4.78, 5) is 18.8. The molecule has 152 valence electrons. The van der Waals surface area contributed by atoms with Gasteiger partial charge in [-0.2, -0.15) is 10.4 Å². The fraction of sp³-hybridized carbons (Fsp3) is 0.500. The maximum atomic E-state index is 13.9. The van der Waals surface area contributed by atoms with Crippen molar-refractivity contribution < 1.29 is 14.0 Å². The van der Waals surface area contributed by atoms with Gasteiger partial charge >= 0.3 is 0 Å². The van der Waals surface area contributed by atoms with Crippen molar-refractivity contribution in [3.8, 4) is 6.07 Å². The highest BCUT2D eigenvalue weighted by Crippen LogP contribution is 2.37. The van der Waals surface area contributed by atoms with Gasteiger partial charge in [0.05, 0.1) is 24.3 Å². The molecule has 4 rings (SSSR count). The number of aromatic nitrogens is 2. The Labute approximate surface area is 169 Å². The average Bonchev–Trinajstić information content (AvgIpc) is 3.37. The van der Waals surface area contributed by atoms with Gasteiger partial charge < -0.3 is 0 Å². The molecule has 0 bridgehead atoms. The lowest BCUT2D eigenvalue weighted by Crippen LogP contribution is -2.36. The molecule has 0 unspecified atom stereocenters. The van der Waals surface area contributed by atoms with Crippen LogP contribution in [0.1, 0.15) is 55.0 Å². The molecule has 1 aromatic heterocycles. The van der Waals surface area contributed by atoms with Crippen molar-refractivity contribution in [2.75, 3.05) is 6.61 Å². The largest absolute Gasteiger partial charge is 0.273 e. The average molecular weight is 396 g/mol. The van der Waals surface area contributed by atoms with E-state index >= 15 is 0 Å². The molecule has 7 heteroatoms. The second kappa shape index (κ2) is 8.34. The molecular formula is C22H25FN4O2. The number of nitrogens with zero attached hydrogens (tertiary/aromatic N) is 4. The highest BCUT2D eigenvalue weighted by molar-refractivity contribution is 5.78. The summed E-state index contributed by atoms with van der Waals surface area (Å²) in [7, 11) is 1.96. The van der Waals surface area contributed by atoms with Crippen molar-refractivity contribution >= 4 is 5.91 Å². The molecule has 1 aromatic carbocycles. The van der Waals surface area contributed by atoms with Crippen molar-refractivity contribution in [2.45, 2.75) is 44.6 Å².